The first-order valence-corrected chi connectivity index (χ1v) is 12.4. The molecule has 5 rings (SSSR count). The molecule has 0 unspecified atom stereocenters. The van der Waals surface area contributed by atoms with Gasteiger partial charge >= 0.3 is 0 Å². The molecule has 4 nitrogen and oxygen atoms in total. The SMILES string of the molecule is O=C1NCN(c2ccccc2)C12CCN(CCCC(c1cccc(F)c1)c1cccc(F)c1)CC2. The van der Waals surface area contributed by atoms with Gasteiger partial charge in [-0.15, -0.1) is 0 Å². The maximum Gasteiger partial charge on any atom is 0.247 e. The molecule has 0 radical (unpaired) electrons. The van der Waals surface area contributed by atoms with E-state index in [2.05, 4.69) is 27.2 Å². The van der Waals surface area contributed by atoms with Gasteiger partial charge in [-0.25, -0.2) is 8.78 Å². The molecule has 2 aliphatic rings. The number of nitrogens with one attached hydrogen (secondary N) is 1. The van der Waals surface area contributed by atoms with Gasteiger partial charge < -0.3 is 15.1 Å². The Labute approximate surface area is 205 Å². The summed E-state index contributed by atoms with van der Waals surface area (Å²) in [6.07, 6.45) is 3.26. The molecule has 2 saturated heterocycles. The number of para-hydroxylation sites is 1. The highest BCUT2D eigenvalue weighted by Crippen LogP contribution is 2.36. The van der Waals surface area contributed by atoms with Gasteiger partial charge in [0.15, 0.2) is 0 Å². The molecular weight excluding hydrogens is 444 g/mol. The zero-order chi connectivity index (χ0) is 24.3. The lowest BCUT2D eigenvalue weighted by molar-refractivity contribution is -0.125. The predicted molar refractivity (Wildman–Crippen MR) is 134 cm³/mol. The summed E-state index contributed by atoms with van der Waals surface area (Å²) >= 11 is 0. The van der Waals surface area contributed by atoms with Gasteiger partial charge in [-0.1, -0.05) is 42.5 Å². The van der Waals surface area contributed by atoms with E-state index in [0.717, 1.165) is 62.1 Å². The van der Waals surface area contributed by atoms with Crippen molar-refractivity contribution in [3.63, 3.8) is 0 Å². The molecule has 3 aromatic rings. The molecule has 182 valence electrons. The maximum atomic E-state index is 13.9. The molecule has 1 amide bonds. The largest absolute Gasteiger partial charge is 0.339 e. The molecular formula is C29H31F2N3O. The summed E-state index contributed by atoms with van der Waals surface area (Å²) in [5.41, 5.74) is 2.33. The minimum Gasteiger partial charge on any atom is -0.339 e. The summed E-state index contributed by atoms with van der Waals surface area (Å²) in [6.45, 7) is 3.14. The molecule has 0 aromatic heterocycles. The van der Waals surface area contributed by atoms with Crippen molar-refractivity contribution >= 4 is 11.6 Å². The number of carbonyl (C=O) groups excluding carboxylic acids is 1. The fourth-order valence-corrected chi connectivity index (χ4v) is 5.67. The van der Waals surface area contributed by atoms with E-state index in [4.69, 9.17) is 0 Å². The van der Waals surface area contributed by atoms with Crippen LogP contribution in [0.15, 0.2) is 78.9 Å². The number of piperidine rings is 1. The monoisotopic (exact) mass is 475 g/mol. The zero-order valence-corrected chi connectivity index (χ0v) is 19.8. The Kier molecular flexibility index (Phi) is 6.82. The molecule has 1 N–H and O–H groups in total. The van der Waals surface area contributed by atoms with Gasteiger partial charge in [0.25, 0.3) is 0 Å². The average Bonchev–Trinajstić information content (AvgIpc) is 3.18. The summed E-state index contributed by atoms with van der Waals surface area (Å²) in [4.78, 5) is 17.5. The second-order valence-corrected chi connectivity index (χ2v) is 9.61. The smallest absolute Gasteiger partial charge is 0.247 e. The van der Waals surface area contributed by atoms with Gasteiger partial charge in [0, 0.05) is 24.7 Å². The van der Waals surface area contributed by atoms with Gasteiger partial charge in [-0.05, 0) is 79.8 Å². The van der Waals surface area contributed by atoms with E-state index in [0.29, 0.717) is 6.67 Å². The van der Waals surface area contributed by atoms with E-state index < -0.39 is 5.54 Å². The molecule has 0 atom stereocenters. The van der Waals surface area contributed by atoms with Gasteiger partial charge in [-0.2, -0.15) is 0 Å². The molecule has 6 heteroatoms. The Morgan fingerprint density at radius 2 is 1.49 bits per heavy atom. The minimum absolute atomic E-state index is 0.0632. The van der Waals surface area contributed by atoms with Crippen LogP contribution in [-0.4, -0.2) is 42.6 Å². The van der Waals surface area contributed by atoms with Crippen molar-refractivity contribution in [2.75, 3.05) is 31.2 Å². The maximum absolute atomic E-state index is 13.9. The third kappa shape index (κ3) is 4.94. The zero-order valence-electron chi connectivity index (χ0n) is 19.8. The topological polar surface area (TPSA) is 35.6 Å². The van der Waals surface area contributed by atoms with Crippen LogP contribution in [-0.2, 0) is 4.79 Å². The summed E-state index contributed by atoms with van der Waals surface area (Å²) in [5, 5.41) is 3.05. The van der Waals surface area contributed by atoms with E-state index in [9.17, 15) is 13.6 Å². The number of likely N-dealkylation sites (tertiary alicyclic amines) is 1. The fourth-order valence-electron chi connectivity index (χ4n) is 5.67. The van der Waals surface area contributed by atoms with Crippen molar-refractivity contribution in [3.05, 3.63) is 102 Å². The normalized spacial score (nSPS) is 17.8. The molecule has 2 aliphatic heterocycles. The van der Waals surface area contributed by atoms with Crippen molar-refractivity contribution in [1.82, 2.24) is 10.2 Å². The summed E-state index contributed by atoms with van der Waals surface area (Å²) in [6, 6.07) is 23.4. The van der Waals surface area contributed by atoms with Gasteiger partial charge in [0.2, 0.25) is 5.91 Å². The quantitative estimate of drug-likeness (QED) is 0.503. The number of amides is 1. The molecule has 1 spiro atoms. The van der Waals surface area contributed by atoms with Gasteiger partial charge in [-0.3, -0.25) is 4.79 Å². The van der Waals surface area contributed by atoms with Crippen molar-refractivity contribution < 1.29 is 13.6 Å². The first-order valence-electron chi connectivity index (χ1n) is 12.4. The third-order valence-corrected chi connectivity index (χ3v) is 7.56. The average molecular weight is 476 g/mol. The lowest BCUT2D eigenvalue weighted by atomic mass is 9.85. The van der Waals surface area contributed by atoms with E-state index in [-0.39, 0.29) is 23.5 Å². The van der Waals surface area contributed by atoms with Crippen molar-refractivity contribution in [1.29, 1.82) is 0 Å². The molecule has 2 fully saturated rings. The Morgan fingerprint density at radius 3 is 2.09 bits per heavy atom. The van der Waals surface area contributed by atoms with E-state index in [1.165, 1.54) is 12.1 Å². The van der Waals surface area contributed by atoms with Crippen LogP contribution in [0.4, 0.5) is 14.5 Å². The molecule has 3 aromatic carbocycles. The number of benzene rings is 3. The van der Waals surface area contributed by atoms with Crippen molar-refractivity contribution in [3.8, 4) is 0 Å². The Hall–Kier alpha value is -3.25. The summed E-state index contributed by atoms with van der Waals surface area (Å²) in [7, 11) is 0. The molecule has 0 aliphatic carbocycles. The van der Waals surface area contributed by atoms with Crippen LogP contribution in [0, 0.1) is 11.6 Å². The van der Waals surface area contributed by atoms with Crippen LogP contribution in [0.1, 0.15) is 42.7 Å². The van der Waals surface area contributed by atoms with Gasteiger partial charge in [0.1, 0.15) is 17.2 Å². The highest BCUT2D eigenvalue weighted by Gasteiger charge is 2.50. The van der Waals surface area contributed by atoms with E-state index in [1.807, 2.05) is 30.3 Å². The first-order chi connectivity index (χ1) is 17.0. The number of anilines is 1. The second kappa shape index (κ2) is 10.2. The Morgan fingerprint density at radius 1 is 0.857 bits per heavy atom. The number of halogens is 2. The minimum atomic E-state index is -0.483. The number of carbonyl (C=O) groups is 1. The highest BCUT2D eigenvalue weighted by molar-refractivity contribution is 5.93. The van der Waals surface area contributed by atoms with Crippen molar-refractivity contribution in [2.24, 2.45) is 0 Å². The number of hydrogen-bond acceptors (Lipinski definition) is 3. The van der Waals surface area contributed by atoms with Crippen LogP contribution in [0.5, 0.6) is 0 Å². The summed E-state index contributed by atoms with van der Waals surface area (Å²) < 4.78 is 27.9. The standard InChI is InChI=1S/C29H31F2N3O/c30-24-9-4-7-22(19-24)27(23-8-5-10-25(31)20-23)13-6-16-33-17-14-29(15-18-33)28(35)32-21-34(29)26-11-2-1-3-12-26/h1-5,7-12,19-20,27H,6,13-18,21H2,(H,32,35). The predicted octanol–water partition coefficient (Wildman–Crippen LogP) is 5.31. The fraction of sp³-hybridized carbons (Fsp3) is 0.345. The summed E-state index contributed by atoms with van der Waals surface area (Å²) in [5.74, 6) is -0.490. The van der Waals surface area contributed by atoms with E-state index >= 15 is 0 Å². The van der Waals surface area contributed by atoms with Crippen LogP contribution < -0.4 is 10.2 Å². The van der Waals surface area contributed by atoms with Crippen LogP contribution >= 0.6 is 0 Å². The lowest BCUT2D eigenvalue weighted by Gasteiger charge is -2.43. The number of nitrogens with zero attached hydrogens (tertiary/aromatic N) is 2. The van der Waals surface area contributed by atoms with Crippen molar-refractivity contribution in [2.45, 2.75) is 37.1 Å². The first kappa shape index (κ1) is 23.5. The molecule has 35 heavy (non-hydrogen) atoms. The van der Waals surface area contributed by atoms with Crippen LogP contribution in [0.3, 0.4) is 0 Å². The Bertz CT molecular complexity index is 1120. The highest BCUT2D eigenvalue weighted by atomic mass is 19.1. The third-order valence-electron chi connectivity index (χ3n) is 7.56. The van der Waals surface area contributed by atoms with Crippen LogP contribution in [0.2, 0.25) is 0 Å². The molecule has 0 saturated carbocycles. The number of rotatable bonds is 7. The molecule has 2 heterocycles. The number of hydrogen-bond donors (Lipinski definition) is 1. The second-order valence-electron chi connectivity index (χ2n) is 9.61. The lowest BCUT2D eigenvalue weighted by Crippen LogP contribution is -2.56. The van der Waals surface area contributed by atoms with Gasteiger partial charge in [0.05, 0.1) is 6.67 Å². The van der Waals surface area contributed by atoms with E-state index in [1.54, 1.807) is 24.3 Å². The Balaban J connectivity index is 1.23. The van der Waals surface area contributed by atoms with Crippen LogP contribution in [0.25, 0.3) is 0 Å². The molecule has 0 bridgehead atoms.